The van der Waals surface area contributed by atoms with Crippen molar-refractivity contribution in [3.05, 3.63) is 240 Å². The molecule has 4 saturated heterocycles. The van der Waals surface area contributed by atoms with Crippen LogP contribution in [-0.4, -0.2) is 187 Å². The molecule has 1 saturated carbocycles. The van der Waals surface area contributed by atoms with E-state index >= 15 is 0 Å². The van der Waals surface area contributed by atoms with E-state index in [9.17, 15) is 49.9 Å². The van der Waals surface area contributed by atoms with Crippen molar-refractivity contribution in [2.45, 2.75) is 182 Å². The van der Waals surface area contributed by atoms with Crippen molar-refractivity contribution in [1.82, 2.24) is 98.1 Å². The van der Waals surface area contributed by atoms with Gasteiger partial charge in [-0.2, -0.15) is 46.3 Å². The number of nitrogens with zero attached hydrogens (tertiary/aromatic N) is 23. The SMILES string of the molecule is CC(C)[C@@H]1N(c2ccnc(N[C@@H](C)c3cn(-c4ccc(Cl)cc4)cn3)n2)C(=O)NC1(C)C.CC(C)[C@H]1CN(C)C(=O)N1c1ccnc(NC2(c3cn(-c4cc(F)cc(Cl)c4)cn3)CC2)n1.CC(C)[C@H]1[C@H](C)N(C)C(=O)N1c1ccnc(N[C@@H](C)c2cn(-c3ccc(C(F)(F)F)cc3)cn2)n1.[2H]C([2H])([2H])N1C(=O)N(c2ccnc(N[C@@H](C)c3cn(-c4ccc(C(F)(F)F)cc4)cn3)n2)[C@@H](C(C)C)C1([2H])[2H]. The van der Waals surface area contributed by atoms with Crippen LogP contribution in [0.3, 0.4) is 0 Å². The summed E-state index contributed by atoms with van der Waals surface area (Å²) in [4.78, 5) is 115. The van der Waals surface area contributed by atoms with Crippen LogP contribution >= 0.6 is 23.2 Å². The van der Waals surface area contributed by atoms with Crippen LogP contribution in [0.15, 0.2) is 190 Å². The average molecular weight is 1890 g/mol. The van der Waals surface area contributed by atoms with Gasteiger partial charge in [0.05, 0.1) is 127 Å². The van der Waals surface area contributed by atoms with E-state index in [2.05, 4.69) is 128 Å². The van der Waals surface area contributed by atoms with E-state index in [1.165, 1.54) is 55.0 Å². The normalized spacial score (nSPS) is 19.8. The number of anilines is 8. The minimum atomic E-state index is -4.44. The molecule has 706 valence electrons. The lowest BCUT2D eigenvalue weighted by Gasteiger charge is -2.33. The molecule has 17 rings (SSSR count). The molecular formula is C93H107Cl2F7N28O4. The number of benzene rings is 4. The lowest BCUT2D eigenvalue weighted by atomic mass is 9.87. The molecule has 5 aliphatic rings. The Morgan fingerprint density at radius 1 is 0.470 bits per heavy atom. The second kappa shape index (κ2) is 39.3. The number of alkyl halides is 6. The van der Waals surface area contributed by atoms with Crippen molar-refractivity contribution in [2.75, 3.05) is 75.0 Å². The molecule has 41 heteroatoms. The highest BCUT2D eigenvalue weighted by molar-refractivity contribution is 6.31. The number of halogens is 9. The highest BCUT2D eigenvalue weighted by atomic mass is 35.5. The number of rotatable bonds is 24. The average Bonchev–Trinajstić information content (AvgIpc) is 1.57. The summed E-state index contributed by atoms with van der Waals surface area (Å²) in [6.45, 7) is 22.8. The first-order chi connectivity index (χ1) is 65.4. The number of carbonyl (C=O) groups is 4. The highest BCUT2D eigenvalue weighted by Gasteiger charge is 2.50. The first-order valence-electron chi connectivity index (χ1n) is 45.9. The van der Waals surface area contributed by atoms with Gasteiger partial charge < -0.3 is 59.6 Å². The number of hydrogen-bond donors (Lipinski definition) is 5. The van der Waals surface area contributed by atoms with Crippen molar-refractivity contribution < 1.29 is 56.8 Å². The first-order valence-corrected chi connectivity index (χ1v) is 44.1. The predicted octanol–water partition coefficient (Wildman–Crippen LogP) is 19.2. The van der Waals surface area contributed by atoms with Gasteiger partial charge in [-0.15, -0.1) is 0 Å². The molecule has 12 aromatic rings. The van der Waals surface area contributed by atoms with E-state index in [4.69, 9.17) is 30.1 Å². The van der Waals surface area contributed by atoms with Gasteiger partial charge in [0.2, 0.25) is 23.8 Å². The quantitative estimate of drug-likeness (QED) is 0.0351. The van der Waals surface area contributed by atoms with Gasteiger partial charge in [0.1, 0.15) is 29.1 Å². The minimum Gasteiger partial charge on any atom is -0.346 e. The maximum Gasteiger partial charge on any atom is 0.416 e. The van der Waals surface area contributed by atoms with Crippen LogP contribution in [0, 0.1) is 29.5 Å². The fraction of sp³-hybridized carbons (Fsp3) is 0.398. The zero-order valence-electron chi connectivity index (χ0n) is 81.3. The number of imidazole rings is 4. The van der Waals surface area contributed by atoms with E-state index in [1.807, 2.05) is 75.8 Å². The monoisotopic (exact) mass is 1890 g/mol. The molecule has 8 atom stereocenters. The Balaban J connectivity index is 0.000000148. The smallest absolute Gasteiger partial charge is 0.346 e. The van der Waals surface area contributed by atoms with Crippen molar-refractivity contribution in [1.29, 1.82) is 0 Å². The molecule has 32 nitrogen and oxygen atoms in total. The molecule has 0 radical (unpaired) electrons. The predicted molar refractivity (Wildman–Crippen MR) is 499 cm³/mol. The van der Waals surface area contributed by atoms with Gasteiger partial charge in [-0.3, -0.25) is 19.6 Å². The fourth-order valence-corrected chi connectivity index (χ4v) is 16.9. The van der Waals surface area contributed by atoms with Crippen molar-refractivity contribution >= 4 is 94.4 Å². The molecule has 1 aliphatic carbocycles. The summed E-state index contributed by atoms with van der Waals surface area (Å²) >= 11 is 12.0. The lowest BCUT2D eigenvalue weighted by Crippen LogP contribution is -2.48. The van der Waals surface area contributed by atoms with Gasteiger partial charge in [0.15, 0.2) is 0 Å². The molecule has 5 fully saturated rings. The molecule has 8 aromatic heterocycles. The molecule has 5 N–H and O–H groups in total. The van der Waals surface area contributed by atoms with Crippen LogP contribution in [-0.2, 0) is 17.9 Å². The topological polar surface area (TPSA) is 326 Å². The van der Waals surface area contributed by atoms with E-state index in [1.54, 1.807) is 147 Å². The Bertz CT molecular complexity index is 6360. The van der Waals surface area contributed by atoms with Gasteiger partial charge in [-0.05, 0) is 193 Å². The molecular weight excluding hydrogens is 1780 g/mol. The van der Waals surface area contributed by atoms with Crippen LogP contribution in [0.2, 0.25) is 10.0 Å². The summed E-state index contributed by atoms with van der Waals surface area (Å²) in [5.74, 6) is 2.93. The molecule has 4 aromatic carbocycles. The van der Waals surface area contributed by atoms with E-state index < -0.39 is 72.3 Å². The van der Waals surface area contributed by atoms with Crippen LogP contribution in [0.4, 0.5) is 97.0 Å². The van der Waals surface area contributed by atoms with Crippen LogP contribution in [0.25, 0.3) is 22.7 Å². The summed E-state index contributed by atoms with van der Waals surface area (Å²) in [5, 5.41) is 17.0. The summed E-state index contributed by atoms with van der Waals surface area (Å²) in [5.41, 5.74) is 3.23. The summed E-state index contributed by atoms with van der Waals surface area (Å²) in [6.07, 6.45) is 12.8. The Kier molecular flexibility index (Phi) is 26.3. The third-order valence-electron chi connectivity index (χ3n) is 23.7. The van der Waals surface area contributed by atoms with E-state index in [0.29, 0.717) is 86.3 Å². The second-order valence-corrected chi connectivity index (χ2v) is 36.2. The van der Waals surface area contributed by atoms with Crippen LogP contribution in [0.1, 0.15) is 169 Å². The third-order valence-corrected chi connectivity index (χ3v) is 24.2. The maximum atomic E-state index is 13.8. The van der Waals surface area contributed by atoms with Gasteiger partial charge in [0, 0.05) is 115 Å². The largest absolute Gasteiger partial charge is 0.416 e. The van der Waals surface area contributed by atoms with E-state index in [0.717, 1.165) is 59.1 Å². The van der Waals surface area contributed by atoms with Crippen molar-refractivity contribution in [3.63, 3.8) is 0 Å². The van der Waals surface area contributed by atoms with Crippen molar-refractivity contribution in [3.8, 4) is 22.7 Å². The van der Waals surface area contributed by atoms with Crippen LogP contribution < -0.4 is 46.2 Å². The Morgan fingerprint density at radius 3 is 1.31 bits per heavy atom. The summed E-state index contributed by atoms with van der Waals surface area (Å²) in [6, 6.07) is 24.7. The fourth-order valence-electron chi connectivity index (χ4n) is 16.5. The molecule has 12 heterocycles. The number of amides is 8. The molecule has 0 bridgehead atoms. The number of carbonyl (C=O) groups excluding carboxylic acids is 4. The number of nitrogens with one attached hydrogen (secondary N) is 5. The number of aromatic nitrogens is 16. The highest BCUT2D eigenvalue weighted by Crippen LogP contribution is 2.48. The number of likely N-dealkylation sites (N-methyl/N-ethyl adjacent to an activating group) is 3. The van der Waals surface area contributed by atoms with Gasteiger partial charge in [0.25, 0.3) is 0 Å². The molecule has 4 aliphatic heterocycles. The molecule has 8 amide bonds. The van der Waals surface area contributed by atoms with Gasteiger partial charge in [-0.1, -0.05) is 78.6 Å². The lowest BCUT2D eigenvalue weighted by molar-refractivity contribution is -0.138. The molecule has 0 spiro atoms. The third kappa shape index (κ3) is 21.5. The number of urea groups is 4. The summed E-state index contributed by atoms with van der Waals surface area (Å²) in [7, 11) is 3.59. The zero-order chi connectivity index (χ0) is 101. The molecule has 0 unspecified atom stereocenters. The van der Waals surface area contributed by atoms with E-state index in [-0.39, 0.29) is 88.4 Å². The minimum absolute atomic E-state index is 0.0212. The van der Waals surface area contributed by atoms with Crippen LogP contribution in [0.5, 0.6) is 0 Å². The molecule has 134 heavy (non-hydrogen) atoms. The Morgan fingerprint density at radius 2 is 0.881 bits per heavy atom. The standard InChI is InChI=1S/C24H28F3N7O.C23H25ClFN7O.C23H28ClN7O.C23H26F3N7O/c1-14(2)21-16(4)32(5)23(35)34(21)20-10-11-28-22(31-20)30-15(3)19-12-33(13-29-19)18-8-6-17(7-9-18)24(25,26)27;1-14(2)18-11-30(3)22(33)32(18)20-4-7-26-21(28-20)29-23(5-6-23)19-12-31(13-27-19)17-9-15(24)8-16(25)10-17;1-14(2)20-23(4,5)29-22(32)31(20)19-10-11-25-21(28-19)27-15(3)18-12-30(13-26-18)17-8-6-16(24)7-9-17;1-14(2)19-12-31(4)22(34)33(19)20-9-10-27-21(30-20)29-15(3)18-11-32(13-28-18)17-7-5-16(6-8-17)23(24,25)26/h6-16,21H,1-5H3,(H,28,30,31);4,7-10,12-14,18H,5-6,11H2,1-3H3,(H,26,28,29);6-15,20H,1-5H3,(H,29,32)(H,25,27,28);5-11,13-15,19H,12H2,1-4H3,(H,27,29,30)/t15-,16-,21-;18-;15-,20-;15-,19+/m0100/s1/i;;;4D3,12D2. The number of hydrogen-bond acceptors (Lipinski definition) is 20. The zero-order valence-corrected chi connectivity index (χ0v) is 77.8. The second-order valence-electron chi connectivity index (χ2n) is 35.3. The summed E-state index contributed by atoms with van der Waals surface area (Å²) < 4.78 is 138. The van der Waals surface area contributed by atoms with Gasteiger partial charge >= 0.3 is 36.5 Å². The maximum absolute atomic E-state index is 13.8. The first kappa shape index (κ1) is 89.6. The van der Waals surface area contributed by atoms with Crippen molar-refractivity contribution in [2.24, 2.45) is 23.7 Å². The Hall–Kier alpha value is -13.6. The van der Waals surface area contributed by atoms with Gasteiger partial charge in [-0.25, -0.2) is 63.4 Å². The Labute approximate surface area is 788 Å².